The molecule has 0 saturated carbocycles. The summed E-state index contributed by atoms with van der Waals surface area (Å²) in [6, 6.07) is 1.63. The lowest BCUT2D eigenvalue weighted by atomic mass is 10.3. The summed E-state index contributed by atoms with van der Waals surface area (Å²) in [4.78, 5) is 9.78. The molecule has 1 aromatic rings. The first-order valence-electron chi connectivity index (χ1n) is 4.99. The second kappa shape index (κ2) is 3.99. The minimum Gasteiger partial charge on any atom is -0.355 e. The molecule has 7 heteroatoms. The second-order valence-corrected chi connectivity index (χ2v) is 5.94. The maximum Gasteiger partial charge on any atom is 0.192 e. The van der Waals surface area contributed by atoms with Crippen LogP contribution in [0.4, 0.5) is 5.82 Å². The first kappa shape index (κ1) is 11.3. The molecule has 88 valence electrons. The van der Waals surface area contributed by atoms with Crippen LogP contribution in [0, 0.1) is 0 Å². The first-order valence-corrected chi connectivity index (χ1v) is 6.88. The highest BCUT2D eigenvalue weighted by Crippen LogP contribution is 2.18. The summed E-state index contributed by atoms with van der Waals surface area (Å²) in [5.74, 6) is 0.628. The van der Waals surface area contributed by atoms with Crippen molar-refractivity contribution in [1.29, 1.82) is 0 Å². The van der Waals surface area contributed by atoms with Gasteiger partial charge in [-0.15, -0.1) is 0 Å². The number of aromatic nitrogens is 2. The molecule has 1 fully saturated rings. The summed E-state index contributed by atoms with van der Waals surface area (Å²) in [5.41, 5.74) is 5.78. The predicted molar refractivity (Wildman–Crippen MR) is 59.9 cm³/mol. The van der Waals surface area contributed by atoms with E-state index in [2.05, 4.69) is 9.97 Å². The zero-order chi connectivity index (χ0) is 11.8. The Kier molecular flexibility index (Phi) is 2.81. The van der Waals surface area contributed by atoms with Gasteiger partial charge in [0.25, 0.3) is 0 Å². The first-order chi connectivity index (χ1) is 7.47. The molecular formula is C9H14N4O2S. The van der Waals surface area contributed by atoms with Crippen molar-refractivity contribution in [3.63, 3.8) is 0 Å². The average Bonchev–Trinajstić information content (AvgIpc) is 2.64. The van der Waals surface area contributed by atoms with Crippen LogP contribution in [0.1, 0.15) is 6.42 Å². The lowest BCUT2D eigenvalue weighted by Crippen LogP contribution is -2.27. The number of anilines is 1. The zero-order valence-electron chi connectivity index (χ0n) is 9.00. The van der Waals surface area contributed by atoms with E-state index in [-0.39, 0.29) is 11.1 Å². The van der Waals surface area contributed by atoms with Gasteiger partial charge in [0.2, 0.25) is 0 Å². The van der Waals surface area contributed by atoms with Crippen molar-refractivity contribution in [3.05, 3.63) is 12.4 Å². The largest absolute Gasteiger partial charge is 0.355 e. The van der Waals surface area contributed by atoms with Gasteiger partial charge in [-0.1, -0.05) is 0 Å². The molecule has 1 aromatic heterocycles. The fourth-order valence-electron chi connectivity index (χ4n) is 1.70. The molecule has 0 aromatic carbocycles. The molecule has 16 heavy (non-hydrogen) atoms. The van der Waals surface area contributed by atoms with Gasteiger partial charge in [-0.05, 0) is 6.42 Å². The summed E-state index contributed by atoms with van der Waals surface area (Å²) in [5, 5.41) is 0.0537. The molecular weight excluding hydrogens is 228 g/mol. The van der Waals surface area contributed by atoms with Crippen molar-refractivity contribution >= 4 is 15.7 Å². The minimum absolute atomic E-state index is 0.0537. The Morgan fingerprint density at radius 2 is 2.25 bits per heavy atom. The third kappa shape index (κ3) is 2.30. The Labute approximate surface area is 94.4 Å². The van der Waals surface area contributed by atoms with E-state index in [0.29, 0.717) is 12.4 Å². The molecule has 1 aliphatic heterocycles. The number of nitrogens with two attached hydrogens (primary N) is 1. The summed E-state index contributed by atoms with van der Waals surface area (Å²) in [6.45, 7) is 1.52. The molecule has 1 saturated heterocycles. The number of rotatable bonds is 2. The molecule has 1 unspecified atom stereocenters. The van der Waals surface area contributed by atoms with Gasteiger partial charge in [-0.2, -0.15) is 0 Å². The summed E-state index contributed by atoms with van der Waals surface area (Å²) in [7, 11) is -3.28. The quantitative estimate of drug-likeness (QED) is 0.698. The highest BCUT2D eigenvalue weighted by Gasteiger charge is 2.21. The van der Waals surface area contributed by atoms with Crippen molar-refractivity contribution in [2.45, 2.75) is 17.5 Å². The maximum absolute atomic E-state index is 11.3. The van der Waals surface area contributed by atoms with Crippen LogP contribution in [0.15, 0.2) is 17.4 Å². The summed E-state index contributed by atoms with van der Waals surface area (Å²) < 4.78 is 22.7. The molecule has 0 spiro atoms. The van der Waals surface area contributed by atoms with Gasteiger partial charge in [-0.25, -0.2) is 18.4 Å². The van der Waals surface area contributed by atoms with Gasteiger partial charge in [0.15, 0.2) is 14.9 Å². The molecule has 2 rings (SSSR count). The van der Waals surface area contributed by atoms with Crippen LogP contribution in [0.5, 0.6) is 0 Å². The van der Waals surface area contributed by atoms with Gasteiger partial charge in [0, 0.05) is 31.5 Å². The van der Waals surface area contributed by atoms with Gasteiger partial charge in [0.05, 0.1) is 0 Å². The highest BCUT2D eigenvalue weighted by atomic mass is 32.2. The molecule has 0 aliphatic carbocycles. The second-order valence-electron chi connectivity index (χ2n) is 3.98. The van der Waals surface area contributed by atoms with E-state index in [1.807, 2.05) is 4.90 Å². The summed E-state index contributed by atoms with van der Waals surface area (Å²) >= 11 is 0. The monoisotopic (exact) mass is 242 g/mol. The maximum atomic E-state index is 11.3. The fraction of sp³-hybridized carbons (Fsp3) is 0.556. The molecule has 0 radical (unpaired) electrons. The molecule has 0 bridgehead atoms. The van der Waals surface area contributed by atoms with E-state index in [1.165, 1.54) is 12.4 Å². The van der Waals surface area contributed by atoms with E-state index in [9.17, 15) is 8.42 Å². The van der Waals surface area contributed by atoms with Crippen LogP contribution in [-0.2, 0) is 9.84 Å². The SMILES string of the molecule is CS(=O)(=O)c1cc(N2CCC(N)C2)ncn1. The van der Waals surface area contributed by atoms with E-state index in [0.717, 1.165) is 19.2 Å². The van der Waals surface area contributed by atoms with E-state index in [1.54, 1.807) is 0 Å². The van der Waals surface area contributed by atoms with Gasteiger partial charge in [-0.3, -0.25) is 0 Å². The van der Waals surface area contributed by atoms with Crippen LogP contribution in [0.2, 0.25) is 0 Å². The molecule has 1 aliphatic rings. The van der Waals surface area contributed by atoms with E-state index < -0.39 is 9.84 Å². The zero-order valence-corrected chi connectivity index (χ0v) is 9.81. The van der Waals surface area contributed by atoms with Crippen molar-refractivity contribution < 1.29 is 8.42 Å². The van der Waals surface area contributed by atoms with Crippen molar-refractivity contribution in [1.82, 2.24) is 9.97 Å². The molecule has 6 nitrogen and oxygen atoms in total. The minimum atomic E-state index is -3.28. The van der Waals surface area contributed by atoms with Gasteiger partial charge < -0.3 is 10.6 Å². The van der Waals surface area contributed by atoms with E-state index >= 15 is 0 Å². The van der Waals surface area contributed by atoms with Crippen LogP contribution >= 0.6 is 0 Å². The number of nitrogens with zero attached hydrogens (tertiary/aromatic N) is 3. The third-order valence-corrected chi connectivity index (χ3v) is 3.54. The van der Waals surface area contributed by atoms with Gasteiger partial charge >= 0.3 is 0 Å². The molecule has 1 atom stereocenters. The van der Waals surface area contributed by atoms with Crippen LogP contribution < -0.4 is 10.6 Å². The van der Waals surface area contributed by atoms with Crippen molar-refractivity contribution in [2.75, 3.05) is 24.2 Å². The van der Waals surface area contributed by atoms with Crippen LogP contribution in [0.25, 0.3) is 0 Å². The smallest absolute Gasteiger partial charge is 0.192 e. The molecule has 2 N–H and O–H groups in total. The lowest BCUT2D eigenvalue weighted by molar-refractivity contribution is 0.597. The normalized spacial score (nSPS) is 21.4. The van der Waals surface area contributed by atoms with Crippen molar-refractivity contribution in [3.8, 4) is 0 Å². The Balaban J connectivity index is 2.30. The Hall–Kier alpha value is -1.21. The highest BCUT2D eigenvalue weighted by molar-refractivity contribution is 7.90. The Bertz CT molecular complexity index is 488. The average molecular weight is 242 g/mol. The lowest BCUT2D eigenvalue weighted by Gasteiger charge is -2.16. The van der Waals surface area contributed by atoms with Crippen molar-refractivity contribution in [2.24, 2.45) is 5.73 Å². The van der Waals surface area contributed by atoms with Gasteiger partial charge in [0.1, 0.15) is 12.1 Å². The Morgan fingerprint density at radius 3 is 2.81 bits per heavy atom. The van der Waals surface area contributed by atoms with E-state index in [4.69, 9.17) is 5.73 Å². The topological polar surface area (TPSA) is 89.2 Å². The number of sulfone groups is 1. The Morgan fingerprint density at radius 1 is 1.50 bits per heavy atom. The molecule has 2 heterocycles. The van der Waals surface area contributed by atoms with Crippen LogP contribution in [0.3, 0.4) is 0 Å². The van der Waals surface area contributed by atoms with Crippen LogP contribution in [-0.4, -0.2) is 43.8 Å². The number of hydrogen-bond donors (Lipinski definition) is 1. The standard InChI is InChI=1S/C9H14N4O2S/c1-16(14,15)9-4-8(11-6-12-9)13-3-2-7(10)5-13/h4,6-7H,2-3,5,10H2,1H3. The fourth-order valence-corrected chi connectivity index (χ4v) is 2.26. The predicted octanol–water partition coefficient (Wildman–Crippen LogP) is -0.582. The molecule has 0 amide bonds. The number of hydrogen-bond acceptors (Lipinski definition) is 6. The third-order valence-electron chi connectivity index (χ3n) is 2.56. The summed E-state index contributed by atoms with van der Waals surface area (Å²) in [6.07, 6.45) is 3.31.